The van der Waals surface area contributed by atoms with Crippen LogP contribution in [0, 0.1) is 17.5 Å². The summed E-state index contributed by atoms with van der Waals surface area (Å²) in [6, 6.07) is 4.69. The number of hydrogen-bond acceptors (Lipinski definition) is 2. The minimum absolute atomic E-state index is 0.0272. The molecule has 0 aliphatic carbocycles. The molecule has 0 unspecified atom stereocenters. The van der Waals surface area contributed by atoms with E-state index < -0.39 is 23.0 Å². The molecule has 1 fully saturated rings. The summed E-state index contributed by atoms with van der Waals surface area (Å²) >= 11 is 0. The monoisotopic (exact) mass is 306 g/mol. The van der Waals surface area contributed by atoms with Gasteiger partial charge in [-0.05, 0) is 36.2 Å². The topological polar surface area (TPSA) is 33.2 Å². The standard InChI is InChI=1S/C16H13F3N2O/c17-11-3-1-5-20-16(11)15-12(18)7-10(8-13(15)19)9-21-6-2-4-14(21)22/h1,3,5,7-8H,2,4,6,9H2. The highest BCUT2D eigenvalue weighted by Gasteiger charge is 2.22. The van der Waals surface area contributed by atoms with Gasteiger partial charge >= 0.3 is 0 Å². The van der Waals surface area contributed by atoms with Gasteiger partial charge in [0.15, 0.2) is 0 Å². The Hall–Kier alpha value is -2.37. The first-order valence-electron chi connectivity index (χ1n) is 6.93. The highest BCUT2D eigenvalue weighted by atomic mass is 19.1. The Kier molecular flexibility index (Phi) is 3.83. The molecule has 1 aliphatic heterocycles. The third kappa shape index (κ3) is 2.68. The highest BCUT2D eigenvalue weighted by Crippen LogP contribution is 2.28. The SMILES string of the molecule is O=C1CCCN1Cc1cc(F)c(-c2ncccc2F)c(F)c1. The van der Waals surface area contributed by atoms with Crippen LogP contribution in [0.2, 0.25) is 0 Å². The van der Waals surface area contributed by atoms with Crippen molar-refractivity contribution in [1.29, 1.82) is 0 Å². The third-order valence-corrected chi connectivity index (χ3v) is 3.64. The van der Waals surface area contributed by atoms with Crippen LogP contribution in [-0.2, 0) is 11.3 Å². The number of nitrogens with zero attached hydrogens (tertiary/aromatic N) is 2. The van der Waals surface area contributed by atoms with E-state index in [0.717, 1.165) is 24.6 Å². The zero-order valence-corrected chi connectivity index (χ0v) is 11.7. The number of amides is 1. The number of benzene rings is 1. The number of carbonyl (C=O) groups excluding carboxylic acids is 1. The van der Waals surface area contributed by atoms with Crippen LogP contribution in [0.25, 0.3) is 11.3 Å². The van der Waals surface area contributed by atoms with Crippen molar-refractivity contribution >= 4 is 5.91 Å². The molecule has 2 aromatic rings. The van der Waals surface area contributed by atoms with Crippen LogP contribution in [0.4, 0.5) is 13.2 Å². The first-order valence-corrected chi connectivity index (χ1v) is 6.93. The van der Waals surface area contributed by atoms with Crippen molar-refractivity contribution in [2.45, 2.75) is 19.4 Å². The van der Waals surface area contributed by atoms with Crippen LogP contribution < -0.4 is 0 Å². The van der Waals surface area contributed by atoms with E-state index in [-0.39, 0.29) is 18.1 Å². The molecule has 0 radical (unpaired) electrons. The number of carbonyl (C=O) groups is 1. The van der Waals surface area contributed by atoms with Gasteiger partial charge in [0.1, 0.15) is 23.1 Å². The van der Waals surface area contributed by atoms with E-state index >= 15 is 0 Å². The molecule has 0 N–H and O–H groups in total. The second kappa shape index (κ2) is 5.79. The van der Waals surface area contributed by atoms with Gasteiger partial charge in [0, 0.05) is 25.7 Å². The average molecular weight is 306 g/mol. The average Bonchev–Trinajstić information content (AvgIpc) is 2.86. The summed E-state index contributed by atoms with van der Waals surface area (Å²) in [6.07, 6.45) is 2.48. The molecule has 22 heavy (non-hydrogen) atoms. The van der Waals surface area contributed by atoms with E-state index in [0.29, 0.717) is 18.5 Å². The first kappa shape index (κ1) is 14.6. The molecule has 1 aromatic carbocycles. The predicted octanol–water partition coefficient (Wildman–Crippen LogP) is 3.29. The lowest BCUT2D eigenvalue weighted by Gasteiger charge is -2.16. The molecule has 1 aromatic heterocycles. The zero-order chi connectivity index (χ0) is 15.7. The molecule has 0 bridgehead atoms. The number of pyridine rings is 1. The second-order valence-electron chi connectivity index (χ2n) is 5.19. The van der Waals surface area contributed by atoms with E-state index in [1.54, 1.807) is 4.90 Å². The van der Waals surface area contributed by atoms with Crippen molar-refractivity contribution in [3.8, 4) is 11.3 Å². The quantitative estimate of drug-likeness (QED) is 0.872. The Bertz CT molecular complexity index is 710. The molecule has 3 nitrogen and oxygen atoms in total. The van der Waals surface area contributed by atoms with Crippen molar-refractivity contribution in [3.63, 3.8) is 0 Å². The van der Waals surface area contributed by atoms with E-state index in [9.17, 15) is 18.0 Å². The third-order valence-electron chi connectivity index (χ3n) is 3.64. The van der Waals surface area contributed by atoms with Crippen molar-refractivity contribution in [2.24, 2.45) is 0 Å². The molecule has 6 heteroatoms. The van der Waals surface area contributed by atoms with Gasteiger partial charge in [-0.3, -0.25) is 9.78 Å². The zero-order valence-electron chi connectivity index (χ0n) is 11.7. The molecular weight excluding hydrogens is 293 g/mol. The molecule has 1 aliphatic rings. The lowest BCUT2D eigenvalue weighted by atomic mass is 10.1. The van der Waals surface area contributed by atoms with Crippen LogP contribution >= 0.6 is 0 Å². The number of likely N-dealkylation sites (tertiary alicyclic amines) is 1. The smallest absolute Gasteiger partial charge is 0.222 e. The van der Waals surface area contributed by atoms with Crippen molar-refractivity contribution < 1.29 is 18.0 Å². The van der Waals surface area contributed by atoms with Crippen LogP contribution in [0.3, 0.4) is 0 Å². The summed E-state index contributed by atoms with van der Waals surface area (Å²) in [5, 5.41) is 0. The van der Waals surface area contributed by atoms with Crippen LogP contribution in [0.5, 0.6) is 0 Å². The van der Waals surface area contributed by atoms with Crippen molar-refractivity contribution in [1.82, 2.24) is 9.88 Å². The van der Waals surface area contributed by atoms with Gasteiger partial charge in [-0.25, -0.2) is 13.2 Å². The van der Waals surface area contributed by atoms with Gasteiger partial charge < -0.3 is 4.90 Å². The summed E-state index contributed by atoms with van der Waals surface area (Å²) in [7, 11) is 0. The Labute approximate surface area is 125 Å². The molecule has 3 rings (SSSR count). The number of hydrogen-bond donors (Lipinski definition) is 0. The fourth-order valence-corrected chi connectivity index (χ4v) is 2.60. The molecule has 2 heterocycles. The number of halogens is 3. The Morgan fingerprint density at radius 1 is 1.14 bits per heavy atom. The number of rotatable bonds is 3. The normalized spacial score (nSPS) is 14.7. The Balaban J connectivity index is 1.95. The molecule has 1 saturated heterocycles. The minimum Gasteiger partial charge on any atom is -0.338 e. The highest BCUT2D eigenvalue weighted by molar-refractivity contribution is 5.78. The Morgan fingerprint density at radius 3 is 2.45 bits per heavy atom. The molecule has 0 saturated carbocycles. The van der Waals surface area contributed by atoms with Gasteiger partial charge in [-0.15, -0.1) is 0 Å². The molecule has 1 amide bonds. The fraction of sp³-hybridized carbons (Fsp3) is 0.250. The lowest BCUT2D eigenvalue weighted by molar-refractivity contribution is -0.128. The predicted molar refractivity (Wildman–Crippen MR) is 74.2 cm³/mol. The van der Waals surface area contributed by atoms with Gasteiger partial charge in [-0.2, -0.15) is 0 Å². The van der Waals surface area contributed by atoms with Gasteiger partial charge in [0.25, 0.3) is 0 Å². The molecule has 0 spiro atoms. The van der Waals surface area contributed by atoms with E-state index in [1.165, 1.54) is 12.3 Å². The van der Waals surface area contributed by atoms with Gasteiger partial charge in [-0.1, -0.05) is 0 Å². The summed E-state index contributed by atoms with van der Waals surface area (Å²) < 4.78 is 42.1. The van der Waals surface area contributed by atoms with E-state index in [4.69, 9.17) is 0 Å². The summed E-state index contributed by atoms with van der Waals surface area (Å²) in [5.74, 6) is -2.60. The maximum atomic E-state index is 14.2. The van der Waals surface area contributed by atoms with Crippen molar-refractivity contribution in [2.75, 3.05) is 6.54 Å². The number of aromatic nitrogens is 1. The van der Waals surface area contributed by atoms with Crippen LogP contribution in [0.1, 0.15) is 18.4 Å². The largest absolute Gasteiger partial charge is 0.338 e. The minimum atomic E-state index is -0.890. The van der Waals surface area contributed by atoms with Crippen LogP contribution in [0.15, 0.2) is 30.5 Å². The van der Waals surface area contributed by atoms with E-state index in [1.807, 2.05) is 0 Å². The maximum Gasteiger partial charge on any atom is 0.222 e. The van der Waals surface area contributed by atoms with E-state index in [2.05, 4.69) is 4.98 Å². The summed E-state index contributed by atoms with van der Waals surface area (Å²) in [5.41, 5.74) is -0.513. The first-order chi connectivity index (χ1) is 10.6. The summed E-state index contributed by atoms with van der Waals surface area (Å²) in [4.78, 5) is 16.8. The van der Waals surface area contributed by atoms with Crippen LogP contribution in [-0.4, -0.2) is 22.3 Å². The second-order valence-corrected chi connectivity index (χ2v) is 5.19. The maximum absolute atomic E-state index is 14.2. The van der Waals surface area contributed by atoms with Gasteiger partial charge in [0.05, 0.1) is 5.56 Å². The molecule has 114 valence electrons. The lowest BCUT2D eigenvalue weighted by Crippen LogP contribution is -2.24. The fourth-order valence-electron chi connectivity index (χ4n) is 2.60. The summed E-state index contributed by atoms with van der Waals surface area (Å²) in [6.45, 7) is 0.732. The van der Waals surface area contributed by atoms with Crippen molar-refractivity contribution in [3.05, 3.63) is 53.5 Å². The molecular formula is C16H13F3N2O. The Morgan fingerprint density at radius 2 is 1.86 bits per heavy atom. The van der Waals surface area contributed by atoms with Gasteiger partial charge in [0.2, 0.25) is 5.91 Å². The molecule has 0 atom stereocenters.